The van der Waals surface area contributed by atoms with Crippen LogP contribution in [0, 0.1) is 6.92 Å². The molecule has 4 heteroatoms. The lowest BCUT2D eigenvalue weighted by Crippen LogP contribution is -2.35. The molecule has 3 nitrogen and oxygen atoms in total. The van der Waals surface area contributed by atoms with Crippen LogP contribution < -0.4 is 5.32 Å². The van der Waals surface area contributed by atoms with Crippen LogP contribution in [0.25, 0.3) is 0 Å². The van der Waals surface area contributed by atoms with Gasteiger partial charge in [0.1, 0.15) is 5.82 Å². The Hall–Kier alpha value is -0.610. The van der Waals surface area contributed by atoms with E-state index in [4.69, 9.17) is 0 Å². The molecule has 1 saturated heterocycles. The Balaban J connectivity index is 1.88. The molecule has 0 amide bonds. The fraction of sp³-hybridized carbons (Fsp3) is 0.615. The van der Waals surface area contributed by atoms with E-state index in [1.165, 1.54) is 31.5 Å². The Morgan fingerprint density at radius 2 is 2.18 bits per heavy atom. The van der Waals surface area contributed by atoms with E-state index in [1.807, 2.05) is 6.20 Å². The first-order chi connectivity index (χ1) is 8.16. The molecule has 1 atom stereocenters. The topological polar surface area (TPSA) is 28.2 Å². The van der Waals surface area contributed by atoms with E-state index in [1.54, 1.807) is 0 Å². The highest BCUT2D eigenvalue weighted by atomic mass is 79.9. The highest BCUT2D eigenvalue weighted by Crippen LogP contribution is 2.17. The van der Waals surface area contributed by atoms with Crippen molar-refractivity contribution in [3.05, 3.63) is 22.3 Å². The van der Waals surface area contributed by atoms with Gasteiger partial charge in [-0.3, -0.25) is 4.90 Å². The first kappa shape index (κ1) is 12.8. The lowest BCUT2D eigenvalue weighted by Gasteiger charge is -2.24. The summed E-state index contributed by atoms with van der Waals surface area (Å²) in [6, 6.07) is 2.68. The van der Waals surface area contributed by atoms with Crippen molar-refractivity contribution in [3.63, 3.8) is 0 Å². The molecule has 0 saturated carbocycles. The number of rotatable bonds is 4. The van der Waals surface area contributed by atoms with Gasteiger partial charge in [0.15, 0.2) is 0 Å². The Labute approximate surface area is 112 Å². The number of anilines is 1. The van der Waals surface area contributed by atoms with Gasteiger partial charge in [0, 0.05) is 23.3 Å². The van der Waals surface area contributed by atoms with Crippen molar-refractivity contribution in [2.45, 2.75) is 32.7 Å². The summed E-state index contributed by atoms with van der Waals surface area (Å²) in [5.41, 5.74) is 1.19. The van der Waals surface area contributed by atoms with Crippen molar-refractivity contribution in [2.24, 2.45) is 0 Å². The van der Waals surface area contributed by atoms with Gasteiger partial charge in [-0.1, -0.05) is 0 Å². The largest absolute Gasteiger partial charge is 0.368 e. The lowest BCUT2D eigenvalue weighted by molar-refractivity contribution is 0.269. The summed E-state index contributed by atoms with van der Waals surface area (Å²) in [6.45, 7) is 7.83. The van der Waals surface area contributed by atoms with Gasteiger partial charge in [0.2, 0.25) is 0 Å². The molecule has 0 radical (unpaired) electrons. The SMILES string of the molecule is Cc1cc(Br)cnc1NCC(C)N1CCCC1. The van der Waals surface area contributed by atoms with Gasteiger partial charge in [-0.25, -0.2) is 4.98 Å². The van der Waals surface area contributed by atoms with E-state index >= 15 is 0 Å². The summed E-state index contributed by atoms with van der Waals surface area (Å²) in [5.74, 6) is 0.999. The van der Waals surface area contributed by atoms with Gasteiger partial charge in [0.05, 0.1) is 0 Å². The van der Waals surface area contributed by atoms with Crippen molar-refractivity contribution in [1.82, 2.24) is 9.88 Å². The number of pyridine rings is 1. The second kappa shape index (κ2) is 5.83. The smallest absolute Gasteiger partial charge is 0.128 e. The third-order valence-electron chi connectivity index (χ3n) is 3.37. The average molecular weight is 298 g/mol. The molecule has 94 valence electrons. The summed E-state index contributed by atoms with van der Waals surface area (Å²) in [7, 11) is 0. The van der Waals surface area contributed by atoms with Crippen LogP contribution in [0.1, 0.15) is 25.3 Å². The minimum atomic E-state index is 0.586. The van der Waals surface area contributed by atoms with Gasteiger partial charge in [-0.15, -0.1) is 0 Å². The molecule has 17 heavy (non-hydrogen) atoms. The monoisotopic (exact) mass is 297 g/mol. The third kappa shape index (κ3) is 3.42. The van der Waals surface area contributed by atoms with Gasteiger partial charge >= 0.3 is 0 Å². The second-order valence-corrected chi connectivity index (χ2v) is 5.71. The van der Waals surface area contributed by atoms with Crippen molar-refractivity contribution >= 4 is 21.7 Å². The Bertz CT molecular complexity index is 375. The number of hydrogen-bond donors (Lipinski definition) is 1. The lowest BCUT2D eigenvalue weighted by atomic mass is 10.2. The predicted molar refractivity (Wildman–Crippen MR) is 75.4 cm³/mol. The number of aryl methyl sites for hydroxylation is 1. The van der Waals surface area contributed by atoms with Crippen LogP contribution in [-0.2, 0) is 0 Å². The first-order valence-corrected chi connectivity index (χ1v) is 7.06. The highest BCUT2D eigenvalue weighted by Gasteiger charge is 2.17. The van der Waals surface area contributed by atoms with Gasteiger partial charge in [-0.2, -0.15) is 0 Å². The number of nitrogens with zero attached hydrogens (tertiary/aromatic N) is 2. The molecule has 1 aromatic rings. The van der Waals surface area contributed by atoms with E-state index < -0.39 is 0 Å². The Morgan fingerprint density at radius 1 is 1.47 bits per heavy atom. The molecule has 1 unspecified atom stereocenters. The molecule has 2 heterocycles. The summed E-state index contributed by atoms with van der Waals surface area (Å²) < 4.78 is 1.04. The van der Waals surface area contributed by atoms with Gasteiger partial charge < -0.3 is 5.32 Å². The maximum absolute atomic E-state index is 4.40. The summed E-state index contributed by atoms with van der Waals surface area (Å²) in [4.78, 5) is 6.94. The van der Waals surface area contributed by atoms with Crippen LogP contribution in [0.3, 0.4) is 0 Å². The minimum absolute atomic E-state index is 0.586. The fourth-order valence-corrected chi connectivity index (χ4v) is 2.73. The van der Waals surface area contributed by atoms with E-state index in [2.05, 4.69) is 51.0 Å². The summed E-state index contributed by atoms with van der Waals surface area (Å²) >= 11 is 3.43. The third-order valence-corrected chi connectivity index (χ3v) is 3.81. The van der Waals surface area contributed by atoms with E-state index in [0.29, 0.717) is 6.04 Å². The van der Waals surface area contributed by atoms with E-state index in [9.17, 15) is 0 Å². The summed E-state index contributed by atoms with van der Waals surface area (Å²) in [6.07, 6.45) is 4.54. The second-order valence-electron chi connectivity index (χ2n) is 4.79. The van der Waals surface area contributed by atoms with Gasteiger partial charge in [0.25, 0.3) is 0 Å². The first-order valence-electron chi connectivity index (χ1n) is 6.27. The molecule has 1 fully saturated rings. The minimum Gasteiger partial charge on any atom is -0.368 e. The molecule has 0 bridgehead atoms. The van der Waals surface area contributed by atoms with Crippen LogP contribution in [0.4, 0.5) is 5.82 Å². The number of nitrogens with one attached hydrogen (secondary N) is 1. The van der Waals surface area contributed by atoms with Gasteiger partial charge in [-0.05, 0) is 67.3 Å². The zero-order chi connectivity index (χ0) is 12.3. The van der Waals surface area contributed by atoms with Crippen LogP contribution in [0.5, 0.6) is 0 Å². The highest BCUT2D eigenvalue weighted by molar-refractivity contribution is 9.10. The molecule has 0 aliphatic carbocycles. The molecule has 0 spiro atoms. The molecule has 1 aliphatic heterocycles. The molecular weight excluding hydrogens is 278 g/mol. The average Bonchev–Trinajstić information content (AvgIpc) is 2.81. The van der Waals surface area contributed by atoms with Crippen LogP contribution >= 0.6 is 15.9 Å². The van der Waals surface area contributed by atoms with Crippen molar-refractivity contribution in [1.29, 1.82) is 0 Å². The Morgan fingerprint density at radius 3 is 2.82 bits per heavy atom. The number of aromatic nitrogens is 1. The molecule has 2 rings (SSSR count). The number of hydrogen-bond acceptors (Lipinski definition) is 3. The van der Waals surface area contributed by atoms with Crippen LogP contribution in [-0.4, -0.2) is 35.6 Å². The molecule has 0 aromatic carbocycles. The molecule has 1 aliphatic rings. The fourth-order valence-electron chi connectivity index (χ4n) is 2.28. The Kier molecular flexibility index (Phi) is 4.40. The van der Waals surface area contributed by atoms with Crippen molar-refractivity contribution in [3.8, 4) is 0 Å². The summed E-state index contributed by atoms with van der Waals surface area (Å²) in [5, 5.41) is 3.44. The maximum Gasteiger partial charge on any atom is 0.128 e. The zero-order valence-electron chi connectivity index (χ0n) is 10.5. The van der Waals surface area contributed by atoms with Crippen LogP contribution in [0.2, 0.25) is 0 Å². The quantitative estimate of drug-likeness (QED) is 0.926. The zero-order valence-corrected chi connectivity index (χ0v) is 12.1. The molecule has 1 N–H and O–H groups in total. The number of halogens is 1. The van der Waals surface area contributed by atoms with Crippen LogP contribution in [0.15, 0.2) is 16.7 Å². The molecular formula is C13H20BrN3. The molecule has 1 aromatic heterocycles. The predicted octanol–water partition coefficient (Wildman–Crippen LogP) is 3.05. The van der Waals surface area contributed by atoms with Crippen molar-refractivity contribution in [2.75, 3.05) is 25.0 Å². The maximum atomic E-state index is 4.40. The van der Waals surface area contributed by atoms with E-state index in [-0.39, 0.29) is 0 Å². The number of likely N-dealkylation sites (tertiary alicyclic amines) is 1. The standard InChI is InChI=1S/C13H20BrN3/c1-10-7-12(14)9-16-13(10)15-8-11(2)17-5-3-4-6-17/h7,9,11H,3-6,8H2,1-2H3,(H,15,16). The van der Waals surface area contributed by atoms with Crippen molar-refractivity contribution < 1.29 is 0 Å². The van der Waals surface area contributed by atoms with E-state index in [0.717, 1.165) is 16.8 Å². The normalized spacial score (nSPS) is 18.3.